The van der Waals surface area contributed by atoms with E-state index in [0.717, 1.165) is 12.8 Å². The van der Waals surface area contributed by atoms with Crippen molar-refractivity contribution in [2.24, 2.45) is 5.41 Å². The Kier molecular flexibility index (Phi) is 3.85. The second kappa shape index (κ2) is 4.75. The lowest BCUT2D eigenvalue weighted by Crippen LogP contribution is -2.34. The van der Waals surface area contributed by atoms with Crippen molar-refractivity contribution in [3.05, 3.63) is 0 Å². The van der Waals surface area contributed by atoms with Gasteiger partial charge in [0, 0.05) is 6.61 Å². The van der Waals surface area contributed by atoms with Crippen molar-refractivity contribution in [1.82, 2.24) is 0 Å². The summed E-state index contributed by atoms with van der Waals surface area (Å²) in [6, 6.07) is 0. The summed E-state index contributed by atoms with van der Waals surface area (Å²) >= 11 is 0. The summed E-state index contributed by atoms with van der Waals surface area (Å²) < 4.78 is 9.98. The van der Waals surface area contributed by atoms with Crippen molar-refractivity contribution < 1.29 is 19.1 Å². The number of rotatable bonds is 1. The third-order valence-corrected chi connectivity index (χ3v) is 2.25. The van der Waals surface area contributed by atoms with Gasteiger partial charge in [-0.3, -0.25) is 4.79 Å². The minimum atomic E-state index is -0.648. The van der Waals surface area contributed by atoms with Crippen LogP contribution in [-0.2, 0) is 19.1 Å². The summed E-state index contributed by atoms with van der Waals surface area (Å²) in [4.78, 5) is 22.9. The van der Waals surface area contributed by atoms with Crippen LogP contribution in [0.15, 0.2) is 0 Å². The van der Waals surface area contributed by atoms with Gasteiger partial charge in [0.2, 0.25) is 0 Å². The van der Waals surface area contributed by atoms with E-state index in [4.69, 9.17) is 9.47 Å². The fourth-order valence-electron chi connectivity index (χ4n) is 1.24. The van der Waals surface area contributed by atoms with E-state index in [0.29, 0.717) is 13.0 Å². The molecule has 15 heavy (non-hydrogen) atoms. The first-order chi connectivity index (χ1) is 6.91. The first-order valence-electron chi connectivity index (χ1n) is 5.29. The van der Waals surface area contributed by atoms with Crippen molar-refractivity contribution >= 4 is 11.9 Å². The van der Waals surface area contributed by atoms with E-state index in [-0.39, 0.29) is 0 Å². The van der Waals surface area contributed by atoms with Crippen molar-refractivity contribution in [1.29, 1.82) is 0 Å². The van der Waals surface area contributed by atoms with E-state index in [1.807, 2.05) is 0 Å². The second-order valence-corrected chi connectivity index (χ2v) is 4.81. The molecule has 1 fully saturated rings. The van der Waals surface area contributed by atoms with Crippen molar-refractivity contribution in [3.8, 4) is 0 Å². The van der Waals surface area contributed by atoms with Crippen LogP contribution < -0.4 is 0 Å². The molecule has 0 radical (unpaired) electrons. The van der Waals surface area contributed by atoms with E-state index in [1.54, 1.807) is 20.8 Å². The minimum Gasteiger partial charge on any atom is -0.391 e. The average molecular weight is 214 g/mol. The Bertz CT molecular complexity index is 246. The zero-order valence-electron chi connectivity index (χ0n) is 9.54. The summed E-state index contributed by atoms with van der Waals surface area (Å²) in [6.07, 6.45) is 2.02. The van der Waals surface area contributed by atoms with E-state index in [2.05, 4.69) is 0 Å². The fourth-order valence-corrected chi connectivity index (χ4v) is 1.24. The highest BCUT2D eigenvalue weighted by Gasteiger charge is 2.30. The molecule has 4 nitrogen and oxygen atoms in total. The predicted octanol–water partition coefficient (Wildman–Crippen LogP) is 1.67. The number of hydrogen-bond donors (Lipinski definition) is 0. The van der Waals surface area contributed by atoms with Gasteiger partial charge in [0.1, 0.15) is 0 Å². The molecule has 0 amide bonds. The quantitative estimate of drug-likeness (QED) is 0.492. The molecule has 0 aliphatic carbocycles. The Morgan fingerprint density at radius 2 is 1.93 bits per heavy atom. The van der Waals surface area contributed by atoms with Crippen molar-refractivity contribution in [3.63, 3.8) is 0 Å². The van der Waals surface area contributed by atoms with Crippen LogP contribution in [0.3, 0.4) is 0 Å². The Morgan fingerprint density at radius 1 is 1.27 bits per heavy atom. The van der Waals surface area contributed by atoms with Gasteiger partial charge in [-0.1, -0.05) is 0 Å². The van der Waals surface area contributed by atoms with E-state index in [1.165, 1.54) is 0 Å². The standard InChI is InChI=1S/C11H18O4/c1-11(2,3)10(13)15-9(12)8-6-4-5-7-14-8/h8H,4-7H2,1-3H3. The maximum Gasteiger partial charge on any atom is 0.342 e. The van der Waals surface area contributed by atoms with Crippen molar-refractivity contribution in [2.45, 2.75) is 46.1 Å². The van der Waals surface area contributed by atoms with Gasteiger partial charge in [0.25, 0.3) is 0 Å². The van der Waals surface area contributed by atoms with Crippen LogP contribution in [0.1, 0.15) is 40.0 Å². The highest BCUT2D eigenvalue weighted by Crippen LogP contribution is 2.18. The van der Waals surface area contributed by atoms with E-state index in [9.17, 15) is 9.59 Å². The molecular weight excluding hydrogens is 196 g/mol. The summed E-state index contributed by atoms with van der Waals surface area (Å²) in [6.45, 7) is 5.71. The number of ether oxygens (including phenoxy) is 2. The number of carbonyl (C=O) groups excluding carboxylic acids is 2. The Morgan fingerprint density at radius 3 is 2.40 bits per heavy atom. The normalized spacial score (nSPS) is 22.2. The largest absolute Gasteiger partial charge is 0.391 e. The molecule has 0 aromatic rings. The minimum absolute atomic E-state index is 0.498. The summed E-state index contributed by atoms with van der Waals surface area (Å²) in [5.74, 6) is -1.05. The summed E-state index contributed by atoms with van der Waals surface area (Å²) in [5.41, 5.74) is -0.648. The maximum absolute atomic E-state index is 11.5. The Balaban J connectivity index is 2.44. The van der Waals surface area contributed by atoms with Gasteiger partial charge in [-0.25, -0.2) is 4.79 Å². The van der Waals surface area contributed by atoms with Gasteiger partial charge >= 0.3 is 11.9 Å². The SMILES string of the molecule is CC(C)(C)C(=O)OC(=O)C1CCCCO1. The monoisotopic (exact) mass is 214 g/mol. The van der Waals surface area contributed by atoms with Gasteiger partial charge < -0.3 is 9.47 Å². The van der Waals surface area contributed by atoms with Crippen LogP contribution in [0, 0.1) is 5.41 Å². The van der Waals surface area contributed by atoms with Crippen LogP contribution in [0.5, 0.6) is 0 Å². The van der Waals surface area contributed by atoms with Gasteiger partial charge in [0.15, 0.2) is 6.10 Å². The third-order valence-electron chi connectivity index (χ3n) is 2.25. The van der Waals surface area contributed by atoms with Crippen LogP contribution in [0.4, 0.5) is 0 Å². The first kappa shape index (κ1) is 12.2. The third kappa shape index (κ3) is 3.63. The molecule has 0 aromatic carbocycles. The van der Waals surface area contributed by atoms with Gasteiger partial charge in [0.05, 0.1) is 5.41 Å². The molecule has 1 heterocycles. The maximum atomic E-state index is 11.5. The van der Waals surface area contributed by atoms with E-state index < -0.39 is 23.5 Å². The number of carbonyl (C=O) groups is 2. The molecule has 4 heteroatoms. The molecule has 1 aliphatic rings. The van der Waals surface area contributed by atoms with Crippen molar-refractivity contribution in [2.75, 3.05) is 6.61 Å². The lowest BCUT2D eigenvalue weighted by atomic mass is 9.97. The Hall–Kier alpha value is -0.900. The van der Waals surface area contributed by atoms with Crippen LogP contribution in [-0.4, -0.2) is 24.6 Å². The summed E-state index contributed by atoms with van der Waals surface area (Å²) in [7, 11) is 0. The highest BCUT2D eigenvalue weighted by molar-refractivity contribution is 5.90. The van der Waals surface area contributed by atoms with E-state index >= 15 is 0 Å². The van der Waals surface area contributed by atoms with Gasteiger partial charge in [-0.2, -0.15) is 0 Å². The summed E-state index contributed by atoms with van der Waals surface area (Å²) in [5, 5.41) is 0. The molecule has 86 valence electrons. The van der Waals surface area contributed by atoms with Gasteiger partial charge in [-0.05, 0) is 40.0 Å². The fraction of sp³-hybridized carbons (Fsp3) is 0.818. The zero-order chi connectivity index (χ0) is 11.5. The molecule has 1 rings (SSSR count). The first-order valence-corrected chi connectivity index (χ1v) is 5.29. The van der Waals surface area contributed by atoms with Crippen LogP contribution >= 0.6 is 0 Å². The molecule has 0 N–H and O–H groups in total. The lowest BCUT2D eigenvalue weighted by molar-refractivity contribution is -0.174. The molecule has 1 atom stereocenters. The lowest BCUT2D eigenvalue weighted by Gasteiger charge is -2.22. The smallest absolute Gasteiger partial charge is 0.342 e. The molecule has 0 spiro atoms. The number of esters is 2. The molecule has 0 aromatic heterocycles. The predicted molar refractivity (Wildman–Crippen MR) is 54.1 cm³/mol. The Labute approximate surface area is 89.9 Å². The molecule has 1 aliphatic heterocycles. The molecular formula is C11H18O4. The average Bonchev–Trinajstić information content (AvgIpc) is 2.17. The molecule has 0 saturated carbocycles. The molecule has 1 saturated heterocycles. The van der Waals surface area contributed by atoms with Crippen LogP contribution in [0.25, 0.3) is 0 Å². The van der Waals surface area contributed by atoms with Gasteiger partial charge in [-0.15, -0.1) is 0 Å². The zero-order valence-corrected chi connectivity index (χ0v) is 9.54. The molecule has 0 bridgehead atoms. The highest BCUT2D eigenvalue weighted by atomic mass is 16.6. The number of hydrogen-bond acceptors (Lipinski definition) is 4. The molecule has 1 unspecified atom stereocenters. The second-order valence-electron chi connectivity index (χ2n) is 4.81. The van der Waals surface area contributed by atoms with Crippen LogP contribution in [0.2, 0.25) is 0 Å². The topological polar surface area (TPSA) is 52.6 Å².